The monoisotopic (exact) mass is 349 g/mol. The summed E-state index contributed by atoms with van der Waals surface area (Å²) < 4.78 is 7.95. The smallest absolute Gasteiger partial charge is 0.211 e. The van der Waals surface area contributed by atoms with Gasteiger partial charge in [0, 0.05) is 16.1 Å². The first-order valence-electron chi connectivity index (χ1n) is 6.62. The van der Waals surface area contributed by atoms with Gasteiger partial charge in [0.05, 0.1) is 18.4 Å². The van der Waals surface area contributed by atoms with Gasteiger partial charge in [-0.2, -0.15) is 9.78 Å². The van der Waals surface area contributed by atoms with E-state index >= 15 is 0 Å². The Labute approximate surface area is 131 Å². The van der Waals surface area contributed by atoms with Crippen molar-refractivity contribution in [2.75, 3.05) is 12.4 Å². The molecule has 0 aliphatic carbocycles. The van der Waals surface area contributed by atoms with Crippen LogP contribution < -0.4 is 10.1 Å². The molecule has 2 N–H and O–H groups in total. The summed E-state index contributed by atoms with van der Waals surface area (Å²) in [6.07, 6.45) is 1.72. The van der Waals surface area contributed by atoms with E-state index in [0.29, 0.717) is 0 Å². The van der Waals surface area contributed by atoms with Crippen LogP contribution >= 0.6 is 15.9 Å². The maximum absolute atomic E-state index is 10.1. The number of hydrogen-bond donors (Lipinski definition) is 2. The molecule has 2 heterocycles. The van der Waals surface area contributed by atoms with Gasteiger partial charge in [0.1, 0.15) is 11.6 Å². The van der Waals surface area contributed by atoms with E-state index in [4.69, 9.17) is 4.74 Å². The van der Waals surface area contributed by atoms with Crippen molar-refractivity contribution < 1.29 is 9.84 Å². The molecule has 0 saturated heterocycles. The fourth-order valence-corrected chi connectivity index (χ4v) is 2.91. The lowest BCUT2D eigenvalue weighted by Gasteiger charge is -2.20. The second-order valence-electron chi connectivity index (χ2n) is 5.02. The molecule has 0 saturated carbocycles. The van der Waals surface area contributed by atoms with Crippen LogP contribution in [-0.2, 0) is 0 Å². The van der Waals surface area contributed by atoms with Crippen molar-refractivity contribution >= 4 is 27.6 Å². The van der Waals surface area contributed by atoms with Crippen LogP contribution in [0.3, 0.4) is 0 Å². The standard InChI is InChI=1S/C15H16BrN3O2/c1-8-6-13(20)19-15(17-8)14(9(2)18-19)11-5-4-10(16)7-12(11)21-3/h4-8,17,20H,1-3H3. The molecule has 0 fully saturated rings. The van der Waals surface area contributed by atoms with E-state index in [-0.39, 0.29) is 11.9 Å². The number of ether oxygens (including phenoxy) is 1. The summed E-state index contributed by atoms with van der Waals surface area (Å²) in [6.45, 7) is 3.90. The number of aliphatic hydroxyl groups excluding tert-OH is 1. The third-order valence-corrected chi connectivity index (χ3v) is 3.97. The van der Waals surface area contributed by atoms with Crippen LogP contribution in [0.15, 0.2) is 28.7 Å². The SMILES string of the molecule is COc1cc(Br)ccc1-c1c(C)nn2c1NC(C)C=C2O. The average Bonchev–Trinajstić information content (AvgIpc) is 2.75. The molecule has 21 heavy (non-hydrogen) atoms. The molecule has 0 amide bonds. The Bertz CT molecular complexity index is 737. The first-order valence-corrected chi connectivity index (χ1v) is 7.41. The summed E-state index contributed by atoms with van der Waals surface area (Å²) in [5.41, 5.74) is 2.70. The molecule has 6 heteroatoms. The number of aryl methyl sites for hydroxylation is 1. The van der Waals surface area contributed by atoms with Crippen molar-refractivity contribution in [1.82, 2.24) is 9.78 Å². The number of fused-ring (bicyclic) bond motifs is 1. The van der Waals surface area contributed by atoms with Gasteiger partial charge >= 0.3 is 0 Å². The van der Waals surface area contributed by atoms with Crippen LogP contribution in [0.4, 0.5) is 5.82 Å². The molecule has 2 aromatic rings. The Morgan fingerprint density at radius 1 is 1.43 bits per heavy atom. The van der Waals surface area contributed by atoms with E-state index in [2.05, 4.69) is 26.3 Å². The van der Waals surface area contributed by atoms with Gasteiger partial charge < -0.3 is 15.2 Å². The normalized spacial score (nSPS) is 17.0. The highest BCUT2D eigenvalue weighted by Gasteiger charge is 2.25. The van der Waals surface area contributed by atoms with E-state index < -0.39 is 0 Å². The molecule has 1 aromatic heterocycles. The Morgan fingerprint density at radius 2 is 2.19 bits per heavy atom. The molecule has 0 radical (unpaired) electrons. The summed E-state index contributed by atoms with van der Waals surface area (Å²) in [5, 5.41) is 17.8. The van der Waals surface area contributed by atoms with Gasteiger partial charge in [0.2, 0.25) is 5.88 Å². The lowest BCUT2D eigenvalue weighted by molar-refractivity contribution is 0.416. The third kappa shape index (κ3) is 2.29. The van der Waals surface area contributed by atoms with Crippen LogP contribution in [0, 0.1) is 6.92 Å². The highest BCUT2D eigenvalue weighted by atomic mass is 79.9. The predicted octanol–water partition coefficient (Wildman–Crippen LogP) is 3.80. The van der Waals surface area contributed by atoms with E-state index in [0.717, 1.165) is 32.9 Å². The maximum Gasteiger partial charge on any atom is 0.211 e. The van der Waals surface area contributed by atoms with E-state index in [1.165, 1.54) is 4.68 Å². The zero-order chi connectivity index (χ0) is 15.1. The largest absolute Gasteiger partial charge is 0.496 e. The van der Waals surface area contributed by atoms with E-state index in [1.54, 1.807) is 13.2 Å². The quantitative estimate of drug-likeness (QED) is 0.865. The molecule has 3 rings (SSSR count). The van der Waals surface area contributed by atoms with Crippen LogP contribution in [0.2, 0.25) is 0 Å². The van der Waals surface area contributed by atoms with E-state index in [9.17, 15) is 5.11 Å². The molecule has 0 bridgehead atoms. The number of nitrogens with one attached hydrogen (secondary N) is 1. The average molecular weight is 350 g/mol. The fraction of sp³-hybridized carbons (Fsp3) is 0.267. The Kier molecular flexibility index (Phi) is 3.41. The van der Waals surface area contributed by atoms with Crippen molar-refractivity contribution in [3.05, 3.63) is 34.4 Å². The van der Waals surface area contributed by atoms with E-state index in [1.807, 2.05) is 32.0 Å². The lowest BCUT2D eigenvalue weighted by atomic mass is 10.0. The minimum atomic E-state index is 0.0359. The number of methoxy groups -OCH3 is 1. The van der Waals surface area contributed by atoms with Crippen LogP contribution in [0.5, 0.6) is 5.75 Å². The van der Waals surface area contributed by atoms with Crippen LogP contribution in [0.25, 0.3) is 17.0 Å². The molecule has 1 aliphatic heterocycles. The van der Waals surface area contributed by atoms with Crippen molar-refractivity contribution in [2.45, 2.75) is 19.9 Å². The number of rotatable bonds is 2. The summed E-state index contributed by atoms with van der Waals surface area (Å²) in [4.78, 5) is 0. The molecule has 1 unspecified atom stereocenters. The topological polar surface area (TPSA) is 59.3 Å². The number of nitrogens with zero attached hydrogens (tertiary/aromatic N) is 2. The van der Waals surface area contributed by atoms with Gasteiger partial charge in [0.25, 0.3) is 0 Å². The van der Waals surface area contributed by atoms with Crippen molar-refractivity contribution in [2.24, 2.45) is 0 Å². The fourth-order valence-electron chi connectivity index (χ4n) is 2.57. The van der Waals surface area contributed by atoms with Gasteiger partial charge in [-0.3, -0.25) is 0 Å². The summed E-state index contributed by atoms with van der Waals surface area (Å²) in [5.74, 6) is 1.68. The number of benzene rings is 1. The van der Waals surface area contributed by atoms with Crippen LogP contribution in [-0.4, -0.2) is 28.0 Å². The zero-order valence-electron chi connectivity index (χ0n) is 12.0. The minimum Gasteiger partial charge on any atom is -0.496 e. The second kappa shape index (κ2) is 5.11. The summed E-state index contributed by atoms with van der Waals surface area (Å²) in [6, 6.07) is 5.90. The highest BCUT2D eigenvalue weighted by molar-refractivity contribution is 9.10. The van der Waals surface area contributed by atoms with Crippen molar-refractivity contribution in [1.29, 1.82) is 0 Å². The van der Waals surface area contributed by atoms with Crippen molar-refractivity contribution in [3.63, 3.8) is 0 Å². The Hall–Kier alpha value is -1.95. The van der Waals surface area contributed by atoms with Gasteiger partial charge in [0.15, 0.2) is 0 Å². The number of aliphatic hydroxyl groups is 1. The number of aromatic nitrogens is 2. The van der Waals surface area contributed by atoms with Gasteiger partial charge in [-0.1, -0.05) is 15.9 Å². The molecule has 1 atom stereocenters. The summed E-state index contributed by atoms with van der Waals surface area (Å²) in [7, 11) is 1.64. The molecule has 1 aliphatic rings. The maximum atomic E-state index is 10.1. The minimum absolute atomic E-state index is 0.0359. The first kappa shape index (κ1) is 14.0. The molecule has 1 aromatic carbocycles. The number of hydrogen-bond acceptors (Lipinski definition) is 4. The number of halogens is 1. The zero-order valence-corrected chi connectivity index (χ0v) is 13.6. The van der Waals surface area contributed by atoms with Crippen molar-refractivity contribution in [3.8, 4) is 16.9 Å². The summed E-state index contributed by atoms with van der Waals surface area (Å²) >= 11 is 3.45. The van der Waals surface area contributed by atoms with Crippen LogP contribution in [0.1, 0.15) is 12.6 Å². The Balaban J connectivity index is 2.23. The predicted molar refractivity (Wildman–Crippen MR) is 86.6 cm³/mol. The third-order valence-electron chi connectivity index (χ3n) is 3.47. The molecule has 0 spiro atoms. The molecule has 110 valence electrons. The highest BCUT2D eigenvalue weighted by Crippen LogP contribution is 2.40. The molecular formula is C15H16BrN3O2. The van der Waals surface area contributed by atoms with Gasteiger partial charge in [-0.25, -0.2) is 0 Å². The molecule has 5 nitrogen and oxygen atoms in total. The lowest BCUT2D eigenvalue weighted by Crippen LogP contribution is -2.22. The molecular weight excluding hydrogens is 334 g/mol. The number of anilines is 1. The first-order chi connectivity index (χ1) is 10.0. The van der Waals surface area contributed by atoms with Gasteiger partial charge in [-0.15, -0.1) is 0 Å². The van der Waals surface area contributed by atoms with Gasteiger partial charge in [-0.05, 0) is 38.1 Å². The Morgan fingerprint density at radius 3 is 2.90 bits per heavy atom. The second-order valence-corrected chi connectivity index (χ2v) is 5.94.